The molecule has 0 radical (unpaired) electrons. The molecule has 0 aromatic carbocycles. The van der Waals surface area contributed by atoms with Gasteiger partial charge in [0, 0.05) is 18.3 Å². The third-order valence-corrected chi connectivity index (χ3v) is 4.28. The van der Waals surface area contributed by atoms with Gasteiger partial charge in [-0.2, -0.15) is 0 Å². The summed E-state index contributed by atoms with van der Waals surface area (Å²) in [6, 6.07) is 1.77. The van der Waals surface area contributed by atoms with Crippen LogP contribution in [-0.4, -0.2) is 33.0 Å². The van der Waals surface area contributed by atoms with E-state index in [1.54, 1.807) is 25.6 Å². The van der Waals surface area contributed by atoms with E-state index in [0.717, 1.165) is 17.7 Å². The number of pyridine rings is 1. The van der Waals surface area contributed by atoms with E-state index in [4.69, 9.17) is 16.3 Å². The zero-order chi connectivity index (χ0) is 15.2. The van der Waals surface area contributed by atoms with Crippen LogP contribution in [-0.2, 0) is 11.4 Å². The Hall–Kier alpha value is -0.780. The molecule has 0 spiro atoms. The van der Waals surface area contributed by atoms with Crippen LogP contribution < -0.4 is 4.74 Å². The zero-order valence-electron chi connectivity index (χ0n) is 12.4. The molecule has 1 heterocycles. The molecule has 0 aliphatic rings. The minimum absolute atomic E-state index is 0.401. The molecule has 0 saturated carbocycles. The molecule has 0 aliphatic heterocycles. The molecule has 112 valence electrons. The van der Waals surface area contributed by atoms with Gasteiger partial charge in [-0.1, -0.05) is 4.40 Å². The number of ether oxygens (including phenoxy) is 1. The molecule has 0 bridgehead atoms. The Morgan fingerprint density at radius 3 is 2.75 bits per heavy atom. The van der Waals surface area contributed by atoms with Crippen molar-refractivity contribution in [3.05, 3.63) is 24.0 Å². The van der Waals surface area contributed by atoms with Crippen molar-refractivity contribution in [3.8, 4) is 5.75 Å². The molecule has 4 nitrogen and oxygen atoms in total. The monoisotopic (exact) mass is 316 g/mol. The van der Waals surface area contributed by atoms with Gasteiger partial charge in [0.1, 0.15) is 27.6 Å². The van der Waals surface area contributed by atoms with Gasteiger partial charge in [0.15, 0.2) is 0 Å². The van der Waals surface area contributed by atoms with E-state index in [9.17, 15) is 4.55 Å². The Morgan fingerprint density at radius 2 is 2.20 bits per heavy atom. The van der Waals surface area contributed by atoms with Crippen LogP contribution in [0.25, 0.3) is 0 Å². The van der Waals surface area contributed by atoms with E-state index < -0.39 is 16.1 Å². The summed E-state index contributed by atoms with van der Waals surface area (Å²) < 4.78 is 21.5. The van der Waals surface area contributed by atoms with Crippen LogP contribution in [0.4, 0.5) is 0 Å². The first-order chi connectivity index (χ1) is 9.40. The van der Waals surface area contributed by atoms with Crippen molar-refractivity contribution in [1.29, 1.82) is 0 Å². The number of hydrogen-bond acceptors (Lipinski definition) is 4. The van der Waals surface area contributed by atoms with E-state index in [1.165, 1.54) is 0 Å². The quantitative estimate of drug-likeness (QED) is 0.459. The highest BCUT2D eigenvalue weighted by Crippen LogP contribution is 2.23. The van der Waals surface area contributed by atoms with Gasteiger partial charge >= 0.3 is 0 Å². The van der Waals surface area contributed by atoms with Crippen LogP contribution in [0.2, 0.25) is 0 Å². The van der Waals surface area contributed by atoms with Crippen molar-refractivity contribution in [1.82, 2.24) is 4.98 Å². The normalized spacial score (nSPS) is 14.2. The fraction of sp³-hybridized carbons (Fsp3) is 0.571. The largest absolute Gasteiger partial charge is 0.591 e. The maximum atomic E-state index is 12.2. The standard InChI is InChI=1S/C14H21ClN2O2S/c1-14(2,3)20(18)17-12(6-5-8-15)11-10-16-9-7-13(11)19-4/h7,9-10H,5-6,8H2,1-4H3. The molecule has 1 aromatic heterocycles. The molecule has 0 N–H and O–H groups in total. The minimum Gasteiger partial charge on any atom is -0.591 e. The molecule has 0 fully saturated rings. The third-order valence-electron chi connectivity index (χ3n) is 2.58. The van der Waals surface area contributed by atoms with Crippen LogP contribution in [0.1, 0.15) is 39.2 Å². The van der Waals surface area contributed by atoms with Crippen LogP contribution >= 0.6 is 11.6 Å². The minimum atomic E-state index is -1.32. The number of rotatable bonds is 6. The molecule has 1 unspecified atom stereocenters. The first-order valence-electron chi connectivity index (χ1n) is 6.44. The summed E-state index contributed by atoms with van der Waals surface area (Å²) in [6.45, 7) is 5.69. The van der Waals surface area contributed by atoms with Crippen molar-refractivity contribution < 1.29 is 9.29 Å². The molecular weight excluding hydrogens is 296 g/mol. The van der Waals surface area contributed by atoms with Crippen LogP contribution in [0, 0.1) is 0 Å². The molecule has 6 heteroatoms. The topological polar surface area (TPSA) is 57.5 Å². The fourth-order valence-electron chi connectivity index (χ4n) is 1.48. The van der Waals surface area contributed by atoms with Gasteiger partial charge in [0.2, 0.25) is 0 Å². The number of alkyl halides is 1. The SMILES string of the molecule is COc1ccncc1C(CCCCl)=N[S+]([O-])C(C)(C)C. The van der Waals surface area contributed by atoms with Crippen molar-refractivity contribution in [3.63, 3.8) is 0 Å². The predicted octanol–water partition coefficient (Wildman–Crippen LogP) is 3.36. The second-order valence-electron chi connectivity index (χ2n) is 5.27. The zero-order valence-corrected chi connectivity index (χ0v) is 13.9. The average Bonchev–Trinajstić information content (AvgIpc) is 2.42. The van der Waals surface area contributed by atoms with E-state index in [1.807, 2.05) is 20.8 Å². The maximum absolute atomic E-state index is 12.2. The molecular formula is C14H21ClN2O2S. The van der Waals surface area contributed by atoms with E-state index >= 15 is 0 Å². The summed E-state index contributed by atoms with van der Waals surface area (Å²) >= 11 is 4.44. The predicted molar refractivity (Wildman–Crippen MR) is 85.2 cm³/mol. The highest BCUT2D eigenvalue weighted by atomic mass is 35.5. The Bertz CT molecular complexity index is 461. The van der Waals surface area contributed by atoms with Crippen LogP contribution in [0.3, 0.4) is 0 Å². The van der Waals surface area contributed by atoms with Gasteiger partial charge in [-0.05, 0) is 39.7 Å². The van der Waals surface area contributed by atoms with Crippen molar-refractivity contribution in [2.24, 2.45) is 4.40 Å². The van der Waals surface area contributed by atoms with E-state index in [0.29, 0.717) is 18.1 Å². The summed E-state index contributed by atoms with van der Waals surface area (Å²) in [6.07, 6.45) is 4.75. The molecule has 0 amide bonds. The lowest BCUT2D eigenvalue weighted by Crippen LogP contribution is -2.27. The van der Waals surface area contributed by atoms with Crippen LogP contribution in [0.15, 0.2) is 22.9 Å². The van der Waals surface area contributed by atoms with Gasteiger partial charge in [0.05, 0.1) is 12.7 Å². The number of halogens is 1. The molecule has 0 aliphatic carbocycles. The summed E-state index contributed by atoms with van der Waals surface area (Å²) in [4.78, 5) is 4.10. The summed E-state index contributed by atoms with van der Waals surface area (Å²) in [5, 5.41) is 0. The average molecular weight is 317 g/mol. The Labute approximate surface area is 128 Å². The Kier molecular flexibility index (Phi) is 6.79. The smallest absolute Gasteiger partial charge is 0.144 e. The lowest BCUT2D eigenvalue weighted by Gasteiger charge is -2.19. The lowest BCUT2D eigenvalue weighted by atomic mass is 10.1. The number of aromatic nitrogens is 1. The summed E-state index contributed by atoms with van der Waals surface area (Å²) in [7, 11) is 1.60. The first kappa shape index (κ1) is 17.3. The lowest BCUT2D eigenvalue weighted by molar-refractivity contribution is 0.413. The third kappa shape index (κ3) is 4.96. The number of hydrogen-bond donors (Lipinski definition) is 0. The summed E-state index contributed by atoms with van der Waals surface area (Å²) in [5.74, 6) is 1.21. The second-order valence-corrected chi connectivity index (χ2v) is 7.55. The molecule has 1 atom stereocenters. The van der Waals surface area contributed by atoms with Crippen molar-refractivity contribution in [2.45, 2.75) is 38.4 Å². The van der Waals surface area contributed by atoms with E-state index in [2.05, 4.69) is 9.38 Å². The molecule has 0 saturated heterocycles. The fourth-order valence-corrected chi connectivity index (χ4v) is 2.27. The van der Waals surface area contributed by atoms with Gasteiger partial charge in [0.25, 0.3) is 0 Å². The van der Waals surface area contributed by atoms with Crippen molar-refractivity contribution in [2.75, 3.05) is 13.0 Å². The highest BCUT2D eigenvalue weighted by Gasteiger charge is 2.28. The summed E-state index contributed by atoms with van der Waals surface area (Å²) in [5.41, 5.74) is 1.50. The number of methoxy groups -OCH3 is 1. The van der Waals surface area contributed by atoms with E-state index in [-0.39, 0.29) is 0 Å². The maximum Gasteiger partial charge on any atom is 0.144 e. The Morgan fingerprint density at radius 1 is 1.50 bits per heavy atom. The van der Waals surface area contributed by atoms with Gasteiger partial charge < -0.3 is 9.29 Å². The van der Waals surface area contributed by atoms with Gasteiger partial charge in [-0.3, -0.25) is 4.98 Å². The highest BCUT2D eigenvalue weighted by molar-refractivity contribution is 7.91. The first-order valence-corrected chi connectivity index (χ1v) is 8.08. The molecule has 1 rings (SSSR count). The molecule has 20 heavy (non-hydrogen) atoms. The van der Waals surface area contributed by atoms with Crippen molar-refractivity contribution >= 4 is 28.7 Å². The Balaban J connectivity index is 3.15. The van der Waals surface area contributed by atoms with Gasteiger partial charge in [-0.25, -0.2) is 0 Å². The van der Waals surface area contributed by atoms with Crippen LogP contribution in [0.5, 0.6) is 5.75 Å². The van der Waals surface area contributed by atoms with Gasteiger partial charge in [-0.15, -0.1) is 11.6 Å². The molecule has 1 aromatic rings. The second kappa shape index (κ2) is 7.86. The number of nitrogens with zero attached hydrogens (tertiary/aromatic N) is 2.